The Hall–Kier alpha value is -0.130. The van der Waals surface area contributed by atoms with Crippen molar-refractivity contribution >= 4 is 27.5 Å². The summed E-state index contributed by atoms with van der Waals surface area (Å²) in [5.74, 6) is 0. The summed E-state index contributed by atoms with van der Waals surface area (Å²) in [6, 6.07) is 6.49. The van der Waals surface area contributed by atoms with E-state index in [0.717, 1.165) is 42.3 Å². The zero-order valence-electron chi connectivity index (χ0n) is 10.5. The van der Waals surface area contributed by atoms with E-state index in [0.29, 0.717) is 6.04 Å². The van der Waals surface area contributed by atoms with Crippen LogP contribution < -0.4 is 5.32 Å². The molecule has 3 nitrogen and oxygen atoms in total. The van der Waals surface area contributed by atoms with Crippen molar-refractivity contribution in [2.75, 3.05) is 33.4 Å². The molecule has 1 aromatic rings. The van der Waals surface area contributed by atoms with Crippen LogP contribution in [0.2, 0.25) is 5.02 Å². The Morgan fingerprint density at radius 3 is 3.11 bits per heavy atom. The van der Waals surface area contributed by atoms with Gasteiger partial charge in [-0.3, -0.25) is 4.90 Å². The second-order valence-corrected chi connectivity index (χ2v) is 5.82. The molecule has 0 saturated carbocycles. The van der Waals surface area contributed by atoms with Gasteiger partial charge in [0.1, 0.15) is 0 Å². The molecule has 0 radical (unpaired) electrons. The minimum atomic E-state index is 0.420. The van der Waals surface area contributed by atoms with Crippen molar-refractivity contribution in [1.29, 1.82) is 0 Å². The van der Waals surface area contributed by atoms with Crippen LogP contribution in [0.1, 0.15) is 5.56 Å². The van der Waals surface area contributed by atoms with Gasteiger partial charge in [-0.15, -0.1) is 0 Å². The number of morpholine rings is 1. The normalized spacial score (nSPS) is 21.2. The summed E-state index contributed by atoms with van der Waals surface area (Å²) in [5.41, 5.74) is 1.17. The molecule has 0 amide bonds. The summed E-state index contributed by atoms with van der Waals surface area (Å²) in [7, 11) is 1.97. The Morgan fingerprint density at radius 2 is 2.39 bits per heavy atom. The number of nitrogens with one attached hydrogen (secondary N) is 1. The quantitative estimate of drug-likeness (QED) is 0.916. The average molecular weight is 334 g/mol. The first kappa shape index (κ1) is 14.3. The van der Waals surface area contributed by atoms with Crippen molar-refractivity contribution in [3.63, 3.8) is 0 Å². The molecule has 100 valence electrons. The molecular formula is C13H18BrClN2O. The van der Waals surface area contributed by atoms with E-state index < -0.39 is 0 Å². The van der Waals surface area contributed by atoms with Gasteiger partial charge in [-0.05, 0) is 24.7 Å². The fourth-order valence-corrected chi connectivity index (χ4v) is 2.92. The van der Waals surface area contributed by atoms with Gasteiger partial charge in [0.05, 0.1) is 13.2 Å². The molecule has 1 aliphatic heterocycles. The Kier molecular flexibility index (Phi) is 5.45. The molecule has 0 aromatic heterocycles. The second kappa shape index (κ2) is 6.87. The summed E-state index contributed by atoms with van der Waals surface area (Å²) in [4.78, 5) is 2.43. The maximum Gasteiger partial charge on any atom is 0.0635 e. The van der Waals surface area contributed by atoms with E-state index in [1.165, 1.54) is 5.56 Å². The molecule has 1 unspecified atom stereocenters. The molecular weight excluding hydrogens is 316 g/mol. The molecule has 5 heteroatoms. The van der Waals surface area contributed by atoms with Gasteiger partial charge in [0.15, 0.2) is 0 Å². The molecule has 1 saturated heterocycles. The molecule has 2 rings (SSSR count). The summed E-state index contributed by atoms with van der Waals surface area (Å²) in [5, 5.41) is 4.03. The predicted octanol–water partition coefficient (Wildman–Crippen LogP) is 2.52. The lowest BCUT2D eigenvalue weighted by atomic mass is 10.1. The van der Waals surface area contributed by atoms with Crippen molar-refractivity contribution in [2.24, 2.45) is 0 Å². The van der Waals surface area contributed by atoms with Gasteiger partial charge in [0.2, 0.25) is 0 Å². The van der Waals surface area contributed by atoms with Crippen LogP contribution in [-0.4, -0.2) is 44.3 Å². The van der Waals surface area contributed by atoms with Gasteiger partial charge >= 0.3 is 0 Å². The Labute approximate surface area is 122 Å². The predicted molar refractivity (Wildman–Crippen MR) is 78.1 cm³/mol. The van der Waals surface area contributed by atoms with Gasteiger partial charge in [0.25, 0.3) is 0 Å². The molecule has 1 atom stereocenters. The zero-order valence-corrected chi connectivity index (χ0v) is 12.8. The van der Waals surface area contributed by atoms with Crippen LogP contribution in [0, 0.1) is 0 Å². The molecule has 0 spiro atoms. The minimum absolute atomic E-state index is 0.420. The van der Waals surface area contributed by atoms with E-state index in [1.807, 2.05) is 19.2 Å². The lowest BCUT2D eigenvalue weighted by molar-refractivity contribution is -0.0103. The van der Waals surface area contributed by atoms with Crippen molar-refractivity contribution in [1.82, 2.24) is 10.2 Å². The molecule has 1 fully saturated rings. The zero-order chi connectivity index (χ0) is 13.0. The van der Waals surface area contributed by atoms with Crippen LogP contribution in [0.4, 0.5) is 0 Å². The third-order valence-electron chi connectivity index (χ3n) is 3.18. The second-order valence-electron chi connectivity index (χ2n) is 4.49. The van der Waals surface area contributed by atoms with E-state index in [9.17, 15) is 0 Å². The van der Waals surface area contributed by atoms with E-state index in [4.69, 9.17) is 16.3 Å². The number of rotatable bonds is 4. The average Bonchev–Trinajstić information content (AvgIpc) is 2.35. The summed E-state index contributed by atoms with van der Waals surface area (Å²) in [6.45, 7) is 4.36. The summed E-state index contributed by atoms with van der Waals surface area (Å²) in [6.07, 6.45) is 0. The van der Waals surface area contributed by atoms with Crippen LogP contribution in [0.25, 0.3) is 0 Å². The number of nitrogens with zero attached hydrogens (tertiary/aromatic N) is 1. The fourth-order valence-electron chi connectivity index (χ4n) is 2.19. The molecule has 1 aliphatic rings. The highest BCUT2D eigenvalue weighted by molar-refractivity contribution is 9.10. The maximum atomic E-state index is 6.27. The minimum Gasteiger partial charge on any atom is -0.378 e. The molecule has 1 heterocycles. The van der Waals surface area contributed by atoms with Gasteiger partial charge in [-0.25, -0.2) is 0 Å². The van der Waals surface area contributed by atoms with E-state index >= 15 is 0 Å². The first-order valence-electron chi connectivity index (χ1n) is 6.11. The lowest BCUT2D eigenvalue weighted by Crippen LogP contribution is -2.49. The van der Waals surface area contributed by atoms with Crippen LogP contribution in [0.15, 0.2) is 22.7 Å². The number of halogens is 2. The summed E-state index contributed by atoms with van der Waals surface area (Å²) < 4.78 is 6.55. The number of likely N-dealkylation sites (N-methyl/N-ethyl adjacent to an activating group) is 1. The smallest absolute Gasteiger partial charge is 0.0635 e. The lowest BCUT2D eigenvalue weighted by Gasteiger charge is -2.35. The topological polar surface area (TPSA) is 24.5 Å². The van der Waals surface area contributed by atoms with Gasteiger partial charge in [0, 0.05) is 35.2 Å². The van der Waals surface area contributed by atoms with E-state index in [1.54, 1.807) is 0 Å². The van der Waals surface area contributed by atoms with Crippen LogP contribution in [0.3, 0.4) is 0 Å². The molecule has 18 heavy (non-hydrogen) atoms. The van der Waals surface area contributed by atoms with Crippen LogP contribution >= 0.6 is 27.5 Å². The maximum absolute atomic E-state index is 6.27. The first-order valence-corrected chi connectivity index (χ1v) is 7.28. The molecule has 1 N–H and O–H groups in total. The number of hydrogen-bond donors (Lipinski definition) is 1. The highest BCUT2D eigenvalue weighted by atomic mass is 79.9. The van der Waals surface area contributed by atoms with Crippen LogP contribution in [0.5, 0.6) is 0 Å². The fraction of sp³-hybridized carbons (Fsp3) is 0.538. The van der Waals surface area contributed by atoms with E-state index in [2.05, 4.69) is 32.2 Å². The third-order valence-corrected chi connectivity index (χ3v) is 4.02. The summed E-state index contributed by atoms with van der Waals surface area (Å²) >= 11 is 9.70. The molecule has 1 aromatic carbocycles. The standard InChI is InChI=1S/C13H18BrClN2O/c1-16-7-12-9-18-5-4-17(12)8-10-2-3-11(14)6-13(10)15/h2-3,6,12,16H,4-5,7-9H2,1H3. The van der Waals surface area contributed by atoms with Crippen molar-refractivity contribution in [2.45, 2.75) is 12.6 Å². The molecule has 0 bridgehead atoms. The molecule has 0 aliphatic carbocycles. The van der Waals surface area contributed by atoms with Crippen molar-refractivity contribution < 1.29 is 4.74 Å². The first-order chi connectivity index (χ1) is 8.70. The van der Waals surface area contributed by atoms with Gasteiger partial charge < -0.3 is 10.1 Å². The SMILES string of the molecule is CNCC1COCCN1Cc1ccc(Br)cc1Cl. The monoisotopic (exact) mass is 332 g/mol. The van der Waals surface area contributed by atoms with Crippen molar-refractivity contribution in [3.05, 3.63) is 33.3 Å². The highest BCUT2D eigenvalue weighted by Gasteiger charge is 2.22. The number of ether oxygens (including phenoxy) is 1. The van der Waals surface area contributed by atoms with Crippen LogP contribution in [-0.2, 0) is 11.3 Å². The largest absolute Gasteiger partial charge is 0.378 e. The Balaban J connectivity index is 2.06. The van der Waals surface area contributed by atoms with Crippen molar-refractivity contribution in [3.8, 4) is 0 Å². The Bertz CT molecular complexity index is 401. The number of hydrogen-bond acceptors (Lipinski definition) is 3. The van der Waals surface area contributed by atoms with E-state index in [-0.39, 0.29) is 0 Å². The highest BCUT2D eigenvalue weighted by Crippen LogP contribution is 2.23. The third kappa shape index (κ3) is 3.68. The Morgan fingerprint density at radius 1 is 1.56 bits per heavy atom. The van der Waals surface area contributed by atoms with Gasteiger partial charge in [-0.2, -0.15) is 0 Å². The number of benzene rings is 1. The van der Waals surface area contributed by atoms with Gasteiger partial charge in [-0.1, -0.05) is 33.6 Å².